The maximum absolute atomic E-state index is 13.2. The first-order valence-electron chi connectivity index (χ1n) is 10.6. The number of nitrogens with zero attached hydrogens (tertiary/aromatic N) is 2. The molecule has 0 aromatic heterocycles. The van der Waals surface area contributed by atoms with Crippen LogP contribution in [0.5, 0.6) is 5.75 Å². The summed E-state index contributed by atoms with van der Waals surface area (Å²) >= 11 is 0. The summed E-state index contributed by atoms with van der Waals surface area (Å²) in [7, 11) is 1.50. The van der Waals surface area contributed by atoms with E-state index in [0.29, 0.717) is 53.9 Å². The highest BCUT2D eigenvalue weighted by molar-refractivity contribution is 6.21. The molecule has 8 heteroatoms. The molecule has 4 amide bonds. The van der Waals surface area contributed by atoms with E-state index in [0.717, 1.165) is 0 Å². The van der Waals surface area contributed by atoms with Crippen molar-refractivity contribution < 1.29 is 23.9 Å². The lowest BCUT2D eigenvalue weighted by Gasteiger charge is -2.32. The van der Waals surface area contributed by atoms with E-state index in [1.807, 2.05) is 0 Å². The maximum atomic E-state index is 13.2. The third-order valence-electron chi connectivity index (χ3n) is 5.90. The minimum atomic E-state index is -0.339. The zero-order valence-corrected chi connectivity index (χ0v) is 18.1. The first-order valence-corrected chi connectivity index (χ1v) is 10.6. The Bertz CT molecular complexity index is 1050. The molecule has 2 aliphatic heterocycles. The molecule has 0 unspecified atom stereocenters. The zero-order chi connectivity index (χ0) is 22.8. The smallest absolute Gasteiger partial charge is 0.261 e. The Morgan fingerprint density at radius 3 is 2.22 bits per heavy atom. The van der Waals surface area contributed by atoms with Gasteiger partial charge in [-0.15, -0.1) is 0 Å². The molecule has 2 aliphatic rings. The lowest BCUT2D eigenvalue weighted by Crippen LogP contribution is -2.46. The molecule has 0 saturated carbocycles. The highest BCUT2D eigenvalue weighted by Crippen LogP contribution is 2.27. The number of ether oxygens (including phenoxy) is 1. The van der Waals surface area contributed by atoms with Crippen molar-refractivity contribution in [1.29, 1.82) is 0 Å². The molecule has 4 rings (SSSR count). The molecule has 1 fully saturated rings. The lowest BCUT2D eigenvalue weighted by atomic mass is 10.0. The van der Waals surface area contributed by atoms with E-state index in [9.17, 15) is 19.2 Å². The predicted molar refractivity (Wildman–Crippen MR) is 116 cm³/mol. The van der Waals surface area contributed by atoms with E-state index in [4.69, 9.17) is 4.74 Å². The van der Waals surface area contributed by atoms with E-state index in [2.05, 4.69) is 5.32 Å². The summed E-state index contributed by atoms with van der Waals surface area (Å²) < 4.78 is 5.40. The van der Waals surface area contributed by atoms with Crippen molar-refractivity contribution >= 4 is 23.6 Å². The molecule has 1 N–H and O–H groups in total. The van der Waals surface area contributed by atoms with E-state index in [-0.39, 0.29) is 36.2 Å². The summed E-state index contributed by atoms with van der Waals surface area (Å²) in [6.45, 7) is 2.61. The molecule has 2 aromatic rings. The van der Waals surface area contributed by atoms with Gasteiger partial charge in [-0.3, -0.25) is 24.1 Å². The van der Waals surface area contributed by atoms with Crippen LogP contribution in [0.4, 0.5) is 0 Å². The fourth-order valence-corrected chi connectivity index (χ4v) is 4.27. The monoisotopic (exact) mass is 435 g/mol. The Hall–Kier alpha value is -3.68. The van der Waals surface area contributed by atoms with Gasteiger partial charge in [0.1, 0.15) is 5.75 Å². The van der Waals surface area contributed by atoms with Crippen molar-refractivity contribution in [3.05, 3.63) is 64.7 Å². The molecule has 32 heavy (non-hydrogen) atoms. The number of hydrogen-bond acceptors (Lipinski definition) is 5. The third kappa shape index (κ3) is 4.08. The number of fused-ring (bicyclic) bond motifs is 1. The van der Waals surface area contributed by atoms with Gasteiger partial charge >= 0.3 is 0 Å². The van der Waals surface area contributed by atoms with Crippen molar-refractivity contribution in [3.63, 3.8) is 0 Å². The largest absolute Gasteiger partial charge is 0.496 e. The van der Waals surface area contributed by atoms with Gasteiger partial charge in [0.2, 0.25) is 5.91 Å². The molecule has 1 saturated heterocycles. The number of nitrogens with one attached hydrogen (secondary N) is 1. The van der Waals surface area contributed by atoms with Gasteiger partial charge in [0.15, 0.2) is 0 Å². The SMILES string of the molecule is COc1ccc(CN2C(=O)c3ccccc3C2=O)cc1C(=O)N1CCC(NC(C)=O)CC1. The molecular formula is C24H25N3O5. The number of carbonyl (C=O) groups is 4. The van der Waals surface area contributed by atoms with Crippen molar-refractivity contribution in [1.82, 2.24) is 15.1 Å². The summed E-state index contributed by atoms with van der Waals surface area (Å²) in [6, 6.07) is 11.9. The molecular weight excluding hydrogens is 410 g/mol. The number of hydrogen-bond donors (Lipinski definition) is 1. The second kappa shape index (κ2) is 8.82. The Labute approximate surface area is 186 Å². The fraction of sp³-hybridized carbons (Fsp3) is 0.333. The van der Waals surface area contributed by atoms with E-state index >= 15 is 0 Å². The van der Waals surface area contributed by atoms with E-state index in [1.54, 1.807) is 47.4 Å². The Balaban J connectivity index is 1.51. The molecule has 0 bridgehead atoms. The number of amides is 4. The zero-order valence-electron chi connectivity index (χ0n) is 18.1. The first-order chi connectivity index (χ1) is 15.4. The second-order valence-corrected chi connectivity index (χ2v) is 8.04. The fourth-order valence-electron chi connectivity index (χ4n) is 4.27. The van der Waals surface area contributed by atoms with E-state index in [1.165, 1.54) is 18.9 Å². The molecule has 166 valence electrons. The highest BCUT2D eigenvalue weighted by atomic mass is 16.5. The minimum Gasteiger partial charge on any atom is -0.496 e. The van der Waals surface area contributed by atoms with Crippen LogP contribution in [0, 0.1) is 0 Å². The normalized spacial score (nSPS) is 16.2. The van der Waals surface area contributed by atoms with Crippen molar-refractivity contribution in [2.75, 3.05) is 20.2 Å². The Morgan fingerprint density at radius 1 is 1.03 bits per heavy atom. The van der Waals surface area contributed by atoms with Crippen LogP contribution in [0.2, 0.25) is 0 Å². The van der Waals surface area contributed by atoms with Crippen molar-refractivity contribution in [2.24, 2.45) is 0 Å². The summed E-state index contributed by atoms with van der Waals surface area (Å²) in [5.74, 6) is -0.488. The van der Waals surface area contributed by atoms with Gasteiger partial charge in [-0.2, -0.15) is 0 Å². The van der Waals surface area contributed by atoms with Crippen LogP contribution in [-0.4, -0.2) is 59.7 Å². The molecule has 8 nitrogen and oxygen atoms in total. The molecule has 0 radical (unpaired) electrons. The van der Waals surface area contributed by atoms with Gasteiger partial charge in [-0.1, -0.05) is 18.2 Å². The number of piperidine rings is 1. The molecule has 0 spiro atoms. The number of rotatable bonds is 5. The third-order valence-corrected chi connectivity index (χ3v) is 5.90. The summed E-state index contributed by atoms with van der Waals surface area (Å²) in [5, 5.41) is 2.90. The van der Waals surface area contributed by atoms with Crippen LogP contribution >= 0.6 is 0 Å². The summed E-state index contributed by atoms with van der Waals surface area (Å²) in [5.41, 5.74) is 1.84. The van der Waals surface area contributed by atoms with Crippen LogP contribution in [0.3, 0.4) is 0 Å². The van der Waals surface area contributed by atoms with Gasteiger partial charge in [0.05, 0.1) is 30.3 Å². The first kappa shape index (κ1) is 21.5. The Kier molecular flexibility index (Phi) is 5.94. The highest BCUT2D eigenvalue weighted by Gasteiger charge is 2.35. The molecule has 0 atom stereocenters. The van der Waals surface area contributed by atoms with Crippen LogP contribution in [0.1, 0.15) is 56.4 Å². The summed E-state index contributed by atoms with van der Waals surface area (Å²) in [4.78, 5) is 52.8. The Morgan fingerprint density at radius 2 is 1.66 bits per heavy atom. The van der Waals surface area contributed by atoms with Crippen LogP contribution in [0.25, 0.3) is 0 Å². The van der Waals surface area contributed by atoms with Gasteiger partial charge in [0, 0.05) is 26.1 Å². The molecule has 0 aliphatic carbocycles. The number of imide groups is 1. The standard InChI is InChI=1S/C24H25N3O5/c1-15(28)25-17-9-11-26(12-10-17)22(29)20-13-16(7-8-21(20)32-2)14-27-23(30)18-5-3-4-6-19(18)24(27)31/h3-8,13,17H,9-12,14H2,1-2H3,(H,25,28). The van der Waals surface area contributed by atoms with Crippen LogP contribution < -0.4 is 10.1 Å². The quantitative estimate of drug-likeness (QED) is 0.727. The summed E-state index contributed by atoms with van der Waals surface area (Å²) in [6.07, 6.45) is 1.37. The average molecular weight is 435 g/mol. The van der Waals surface area contributed by atoms with Crippen molar-refractivity contribution in [3.8, 4) is 5.75 Å². The number of likely N-dealkylation sites (tertiary alicyclic amines) is 1. The van der Waals surface area contributed by atoms with Gasteiger partial charge in [0.25, 0.3) is 17.7 Å². The van der Waals surface area contributed by atoms with Crippen molar-refractivity contribution in [2.45, 2.75) is 32.4 Å². The minimum absolute atomic E-state index is 0.0682. The molecule has 2 heterocycles. The van der Waals surface area contributed by atoms with Gasteiger partial charge in [-0.05, 0) is 42.7 Å². The average Bonchev–Trinajstić information content (AvgIpc) is 3.04. The van der Waals surface area contributed by atoms with Gasteiger partial charge in [-0.25, -0.2) is 0 Å². The van der Waals surface area contributed by atoms with Gasteiger partial charge < -0.3 is 15.0 Å². The maximum Gasteiger partial charge on any atom is 0.261 e. The second-order valence-electron chi connectivity index (χ2n) is 8.04. The van der Waals surface area contributed by atoms with Crippen LogP contribution in [0.15, 0.2) is 42.5 Å². The number of benzene rings is 2. The van der Waals surface area contributed by atoms with E-state index < -0.39 is 0 Å². The lowest BCUT2D eigenvalue weighted by molar-refractivity contribution is -0.119. The predicted octanol–water partition coefficient (Wildman–Crippen LogP) is 2.23. The number of methoxy groups -OCH3 is 1. The molecule has 2 aromatic carbocycles. The number of carbonyl (C=O) groups excluding carboxylic acids is 4. The topological polar surface area (TPSA) is 96.0 Å². The van der Waals surface area contributed by atoms with Crippen LogP contribution in [-0.2, 0) is 11.3 Å².